The number of nitrogen functional groups attached to an aromatic ring is 1. The van der Waals surface area contributed by atoms with Gasteiger partial charge in [-0.25, -0.2) is 4.98 Å². The first-order chi connectivity index (χ1) is 7.26. The summed E-state index contributed by atoms with van der Waals surface area (Å²) in [5.74, 6) is 0. The highest BCUT2D eigenvalue weighted by molar-refractivity contribution is 7.19. The molecule has 0 saturated carbocycles. The van der Waals surface area contributed by atoms with E-state index >= 15 is 0 Å². The number of likely N-dealkylation sites (N-methyl/N-ethyl adjacent to an activating group) is 1. The Labute approximate surface area is 95.5 Å². The zero-order chi connectivity index (χ0) is 11.1. The fourth-order valence-electron chi connectivity index (χ4n) is 1.43. The smallest absolute Gasteiger partial charge is 0.184 e. The van der Waals surface area contributed by atoms with Crippen molar-refractivity contribution in [1.29, 1.82) is 0 Å². The number of hydrogen-bond acceptors (Lipinski definition) is 5. The summed E-state index contributed by atoms with van der Waals surface area (Å²) in [7, 11) is 0. The van der Waals surface area contributed by atoms with Gasteiger partial charge in [0.15, 0.2) is 5.13 Å². The van der Waals surface area contributed by atoms with Crippen molar-refractivity contribution in [3.8, 4) is 0 Å². The van der Waals surface area contributed by atoms with Crippen LogP contribution in [0.1, 0.15) is 20.3 Å². The molecule has 1 aromatic heterocycles. The molecule has 1 rings (SSSR count). The molecule has 0 aliphatic carbocycles. The van der Waals surface area contributed by atoms with Gasteiger partial charge in [-0.15, -0.1) is 0 Å². The van der Waals surface area contributed by atoms with Crippen LogP contribution in [0.5, 0.6) is 0 Å². The van der Waals surface area contributed by atoms with Gasteiger partial charge in [-0.3, -0.25) is 0 Å². The molecule has 86 valence electrons. The van der Waals surface area contributed by atoms with Gasteiger partial charge in [0.2, 0.25) is 0 Å². The van der Waals surface area contributed by atoms with E-state index in [0.717, 1.165) is 36.3 Å². The zero-order valence-electron chi connectivity index (χ0n) is 9.49. The lowest BCUT2D eigenvalue weighted by Crippen LogP contribution is -2.29. The van der Waals surface area contributed by atoms with Crippen LogP contribution in [0.4, 0.5) is 10.1 Å². The van der Waals surface area contributed by atoms with E-state index in [2.05, 4.69) is 29.0 Å². The summed E-state index contributed by atoms with van der Waals surface area (Å²) in [5.41, 5.74) is 5.59. The van der Waals surface area contributed by atoms with Gasteiger partial charge in [0.05, 0.1) is 6.20 Å². The molecule has 0 atom stereocenters. The van der Waals surface area contributed by atoms with Crippen molar-refractivity contribution >= 4 is 21.5 Å². The summed E-state index contributed by atoms with van der Waals surface area (Å²) >= 11 is 1.50. The lowest BCUT2D eigenvalue weighted by atomic mass is 10.4. The van der Waals surface area contributed by atoms with E-state index in [-0.39, 0.29) is 0 Å². The zero-order valence-corrected chi connectivity index (χ0v) is 10.3. The number of rotatable bonds is 7. The predicted molar refractivity (Wildman–Crippen MR) is 67.4 cm³/mol. The van der Waals surface area contributed by atoms with Gasteiger partial charge >= 0.3 is 0 Å². The molecule has 5 heteroatoms. The maximum atomic E-state index is 5.59. The second-order valence-corrected chi connectivity index (χ2v) is 4.49. The number of hydrogen-bond donors (Lipinski definition) is 2. The third-order valence-electron chi connectivity index (χ3n) is 2.21. The molecule has 15 heavy (non-hydrogen) atoms. The molecule has 0 amide bonds. The van der Waals surface area contributed by atoms with Crippen molar-refractivity contribution in [1.82, 2.24) is 9.88 Å². The Morgan fingerprint density at radius 2 is 2.27 bits per heavy atom. The topological polar surface area (TPSA) is 54.2 Å². The summed E-state index contributed by atoms with van der Waals surface area (Å²) in [6, 6.07) is 0. The van der Waals surface area contributed by atoms with Crippen LogP contribution in [0.3, 0.4) is 0 Å². The molecule has 0 spiro atoms. The third kappa shape index (κ3) is 4.48. The molecule has 0 unspecified atom stereocenters. The maximum absolute atomic E-state index is 5.59. The lowest BCUT2D eigenvalue weighted by Gasteiger charge is -2.19. The molecule has 0 bridgehead atoms. The van der Waals surface area contributed by atoms with Crippen LogP contribution >= 0.6 is 11.3 Å². The van der Waals surface area contributed by atoms with Gasteiger partial charge in [0.25, 0.3) is 0 Å². The van der Waals surface area contributed by atoms with Crippen LogP contribution in [0.25, 0.3) is 0 Å². The Bertz CT molecular complexity index is 274. The first-order valence-corrected chi connectivity index (χ1v) is 6.25. The lowest BCUT2D eigenvalue weighted by molar-refractivity contribution is 0.300. The normalized spacial score (nSPS) is 10.9. The highest BCUT2D eigenvalue weighted by Crippen LogP contribution is 2.18. The predicted octanol–water partition coefficient (Wildman–Crippen LogP) is 1.87. The molecule has 0 aliphatic rings. The minimum Gasteiger partial charge on any atom is -0.389 e. The van der Waals surface area contributed by atoms with Crippen LogP contribution in [0.2, 0.25) is 0 Å². The van der Waals surface area contributed by atoms with Gasteiger partial charge in [-0.1, -0.05) is 25.2 Å². The van der Waals surface area contributed by atoms with E-state index in [9.17, 15) is 0 Å². The molecular weight excluding hydrogens is 208 g/mol. The Morgan fingerprint density at radius 1 is 1.47 bits per heavy atom. The SMILES string of the molecule is CCCN(CC)CCNc1ncc(N)s1. The second kappa shape index (κ2) is 6.63. The van der Waals surface area contributed by atoms with Gasteiger partial charge in [-0.05, 0) is 19.5 Å². The van der Waals surface area contributed by atoms with Gasteiger partial charge in [-0.2, -0.15) is 0 Å². The van der Waals surface area contributed by atoms with Crippen LogP contribution in [-0.4, -0.2) is 36.1 Å². The van der Waals surface area contributed by atoms with Crippen LogP contribution < -0.4 is 11.1 Å². The average molecular weight is 228 g/mol. The van der Waals surface area contributed by atoms with Crippen LogP contribution in [0, 0.1) is 0 Å². The van der Waals surface area contributed by atoms with E-state index in [1.54, 1.807) is 6.20 Å². The fraction of sp³-hybridized carbons (Fsp3) is 0.700. The Morgan fingerprint density at radius 3 is 2.80 bits per heavy atom. The number of aromatic nitrogens is 1. The van der Waals surface area contributed by atoms with Crippen molar-refractivity contribution < 1.29 is 0 Å². The Balaban J connectivity index is 2.20. The van der Waals surface area contributed by atoms with Gasteiger partial charge in [0.1, 0.15) is 5.00 Å². The number of nitrogens with one attached hydrogen (secondary N) is 1. The number of nitrogens with two attached hydrogens (primary N) is 1. The molecule has 0 aromatic carbocycles. The quantitative estimate of drug-likeness (QED) is 0.748. The molecular formula is C10H20N4S. The number of thiazole rings is 1. The molecule has 0 radical (unpaired) electrons. The van der Waals surface area contributed by atoms with Crippen molar-refractivity contribution in [2.24, 2.45) is 0 Å². The molecule has 0 aliphatic heterocycles. The second-order valence-electron chi connectivity index (χ2n) is 3.43. The summed E-state index contributed by atoms with van der Waals surface area (Å²) in [5, 5.41) is 4.95. The molecule has 0 saturated heterocycles. The first-order valence-electron chi connectivity index (χ1n) is 5.43. The van der Waals surface area contributed by atoms with Crippen molar-refractivity contribution in [3.05, 3.63) is 6.20 Å². The molecule has 1 heterocycles. The van der Waals surface area contributed by atoms with Crippen molar-refractivity contribution in [2.75, 3.05) is 37.2 Å². The van der Waals surface area contributed by atoms with E-state index in [1.165, 1.54) is 17.8 Å². The van der Waals surface area contributed by atoms with Crippen LogP contribution in [-0.2, 0) is 0 Å². The van der Waals surface area contributed by atoms with Gasteiger partial charge in [0, 0.05) is 13.1 Å². The van der Waals surface area contributed by atoms with Crippen LogP contribution in [0.15, 0.2) is 6.20 Å². The van der Waals surface area contributed by atoms with Gasteiger partial charge < -0.3 is 16.0 Å². The minimum atomic E-state index is 0.762. The third-order valence-corrected chi connectivity index (χ3v) is 3.00. The molecule has 4 nitrogen and oxygen atoms in total. The minimum absolute atomic E-state index is 0.762. The number of anilines is 2. The van der Waals surface area contributed by atoms with Crippen molar-refractivity contribution in [2.45, 2.75) is 20.3 Å². The largest absolute Gasteiger partial charge is 0.389 e. The summed E-state index contributed by atoms with van der Waals surface area (Å²) < 4.78 is 0. The van der Waals surface area contributed by atoms with E-state index in [1.807, 2.05) is 0 Å². The van der Waals surface area contributed by atoms with E-state index in [4.69, 9.17) is 5.73 Å². The van der Waals surface area contributed by atoms with Crippen molar-refractivity contribution in [3.63, 3.8) is 0 Å². The Kier molecular flexibility index (Phi) is 5.42. The molecule has 1 aromatic rings. The highest BCUT2D eigenvalue weighted by Gasteiger charge is 2.01. The summed E-state index contributed by atoms with van der Waals surface area (Å²) in [6.07, 6.45) is 2.90. The molecule has 0 fully saturated rings. The Hall–Kier alpha value is -0.810. The highest BCUT2D eigenvalue weighted by atomic mass is 32.1. The average Bonchev–Trinajstić information content (AvgIpc) is 2.63. The summed E-state index contributed by atoms with van der Waals surface area (Å²) in [4.78, 5) is 6.57. The first kappa shape index (κ1) is 12.3. The monoisotopic (exact) mass is 228 g/mol. The van der Waals surface area contributed by atoms with E-state index < -0.39 is 0 Å². The van der Waals surface area contributed by atoms with E-state index in [0.29, 0.717) is 0 Å². The fourth-order valence-corrected chi connectivity index (χ4v) is 2.04. The number of nitrogens with zero attached hydrogens (tertiary/aromatic N) is 2. The molecule has 3 N–H and O–H groups in total. The summed E-state index contributed by atoms with van der Waals surface area (Å²) in [6.45, 7) is 8.66. The maximum Gasteiger partial charge on any atom is 0.184 e. The standard InChI is InChI=1S/C10H20N4S/c1-3-6-14(4-2)7-5-12-10-13-8-9(11)15-10/h8H,3-7,11H2,1-2H3,(H,12,13).